The maximum absolute atomic E-state index is 3.66. The zero-order valence-electron chi connectivity index (χ0n) is 12.3. The number of nitrogens with zero attached hydrogens (tertiary/aromatic N) is 1. The summed E-state index contributed by atoms with van der Waals surface area (Å²) in [5, 5.41) is 3.18. The molecule has 106 valence electrons. The van der Waals surface area contributed by atoms with Gasteiger partial charge in [0.2, 0.25) is 0 Å². The van der Waals surface area contributed by atoms with Crippen LogP contribution in [-0.4, -0.2) is 13.6 Å². The second-order valence-electron chi connectivity index (χ2n) is 4.89. The Morgan fingerprint density at radius 1 is 1.05 bits per heavy atom. The molecule has 2 nitrogen and oxygen atoms in total. The lowest BCUT2D eigenvalue weighted by atomic mass is 10.1. The first-order chi connectivity index (χ1) is 9.65. The van der Waals surface area contributed by atoms with E-state index in [2.05, 4.69) is 82.5 Å². The average Bonchev–Trinajstić information content (AvgIpc) is 2.45. The smallest absolute Gasteiger partial charge is 0.0422 e. The van der Waals surface area contributed by atoms with Gasteiger partial charge in [0.15, 0.2) is 0 Å². The average molecular weight is 333 g/mol. The molecule has 0 radical (unpaired) electrons. The molecule has 2 aromatic carbocycles. The van der Waals surface area contributed by atoms with Gasteiger partial charge in [0.05, 0.1) is 0 Å². The van der Waals surface area contributed by atoms with Gasteiger partial charge in [0.1, 0.15) is 0 Å². The van der Waals surface area contributed by atoms with Crippen molar-refractivity contribution in [1.82, 2.24) is 5.32 Å². The molecule has 0 spiro atoms. The standard InChI is InChI=1S/C17H21BrN2/c1-4-20(15-8-5-13(2)6-9-15)16-10-7-14(12-19-3)17(18)11-16/h5-11,19H,4,12H2,1-3H3. The summed E-state index contributed by atoms with van der Waals surface area (Å²) in [5.41, 5.74) is 5.00. The molecule has 2 rings (SSSR count). The van der Waals surface area contributed by atoms with Crippen LogP contribution in [0.1, 0.15) is 18.1 Å². The number of anilines is 2. The van der Waals surface area contributed by atoms with Crippen LogP contribution in [0.25, 0.3) is 0 Å². The van der Waals surface area contributed by atoms with E-state index >= 15 is 0 Å². The van der Waals surface area contributed by atoms with Crippen LogP contribution in [0.5, 0.6) is 0 Å². The Morgan fingerprint density at radius 2 is 1.70 bits per heavy atom. The second kappa shape index (κ2) is 6.91. The quantitative estimate of drug-likeness (QED) is 0.858. The molecule has 0 amide bonds. The lowest BCUT2D eigenvalue weighted by Crippen LogP contribution is -2.16. The van der Waals surface area contributed by atoms with E-state index in [9.17, 15) is 0 Å². The van der Waals surface area contributed by atoms with E-state index in [4.69, 9.17) is 0 Å². The van der Waals surface area contributed by atoms with Crippen molar-refractivity contribution >= 4 is 27.3 Å². The molecule has 0 atom stereocenters. The SMILES string of the molecule is CCN(c1ccc(C)cc1)c1ccc(CNC)c(Br)c1. The number of rotatable bonds is 5. The molecule has 0 aliphatic rings. The van der Waals surface area contributed by atoms with Crippen molar-refractivity contribution < 1.29 is 0 Å². The summed E-state index contributed by atoms with van der Waals surface area (Å²) in [6.45, 7) is 6.11. The van der Waals surface area contributed by atoms with Gasteiger partial charge in [0, 0.05) is 28.9 Å². The maximum Gasteiger partial charge on any atom is 0.0422 e. The van der Waals surface area contributed by atoms with Crippen LogP contribution in [0.4, 0.5) is 11.4 Å². The zero-order valence-corrected chi connectivity index (χ0v) is 13.9. The van der Waals surface area contributed by atoms with Gasteiger partial charge in [-0.3, -0.25) is 0 Å². The fourth-order valence-electron chi connectivity index (χ4n) is 2.28. The normalized spacial score (nSPS) is 10.6. The molecule has 0 aliphatic heterocycles. The maximum atomic E-state index is 3.66. The minimum absolute atomic E-state index is 0.873. The summed E-state index contributed by atoms with van der Waals surface area (Å²) < 4.78 is 1.15. The topological polar surface area (TPSA) is 15.3 Å². The van der Waals surface area contributed by atoms with Crippen molar-refractivity contribution in [1.29, 1.82) is 0 Å². The van der Waals surface area contributed by atoms with Crippen LogP contribution >= 0.6 is 15.9 Å². The van der Waals surface area contributed by atoms with Crippen LogP contribution < -0.4 is 10.2 Å². The van der Waals surface area contributed by atoms with Crippen molar-refractivity contribution in [3.8, 4) is 0 Å². The predicted molar refractivity (Wildman–Crippen MR) is 90.8 cm³/mol. The third-order valence-corrected chi connectivity index (χ3v) is 4.12. The van der Waals surface area contributed by atoms with E-state index in [0.29, 0.717) is 0 Å². The summed E-state index contributed by atoms with van der Waals surface area (Å²) >= 11 is 3.66. The number of hydrogen-bond donors (Lipinski definition) is 1. The highest BCUT2D eigenvalue weighted by molar-refractivity contribution is 9.10. The van der Waals surface area contributed by atoms with Gasteiger partial charge in [-0.25, -0.2) is 0 Å². The molecule has 20 heavy (non-hydrogen) atoms. The third kappa shape index (κ3) is 3.41. The molecule has 0 aromatic heterocycles. The van der Waals surface area contributed by atoms with Crippen LogP contribution in [-0.2, 0) is 6.54 Å². The monoisotopic (exact) mass is 332 g/mol. The second-order valence-corrected chi connectivity index (χ2v) is 5.74. The molecule has 0 saturated carbocycles. The van der Waals surface area contributed by atoms with E-state index in [1.807, 2.05) is 7.05 Å². The largest absolute Gasteiger partial charge is 0.342 e. The van der Waals surface area contributed by atoms with Gasteiger partial charge in [-0.05, 0) is 50.7 Å². The number of aryl methyl sites for hydroxylation is 1. The Labute approximate surface area is 129 Å². The molecule has 0 fully saturated rings. The van der Waals surface area contributed by atoms with Crippen molar-refractivity contribution in [3.63, 3.8) is 0 Å². The molecule has 1 N–H and O–H groups in total. The van der Waals surface area contributed by atoms with Gasteiger partial charge < -0.3 is 10.2 Å². The minimum Gasteiger partial charge on any atom is -0.342 e. The van der Waals surface area contributed by atoms with Gasteiger partial charge in [-0.1, -0.05) is 39.7 Å². The van der Waals surface area contributed by atoms with Crippen molar-refractivity contribution in [2.45, 2.75) is 20.4 Å². The van der Waals surface area contributed by atoms with Gasteiger partial charge >= 0.3 is 0 Å². The fraction of sp³-hybridized carbons (Fsp3) is 0.294. The number of hydrogen-bond acceptors (Lipinski definition) is 2. The van der Waals surface area contributed by atoms with Gasteiger partial charge in [-0.2, -0.15) is 0 Å². The Bertz CT molecular complexity index is 564. The lowest BCUT2D eigenvalue weighted by Gasteiger charge is -2.24. The van der Waals surface area contributed by atoms with Crippen molar-refractivity contribution in [2.75, 3.05) is 18.5 Å². The Kier molecular flexibility index (Phi) is 5.21. The molecular formula is C17H21BrN2. The number of nitrogens with one attached hydrogen (secondary N) is 1. The zero-order chi connectivity index (χ0) is 14.5. The summed E-state index contributed by atoms with van der Waals surface area (Å²) in [7, 11) is 1.96. The van der Waals surface area contributed by atoms with Crippen molar-refractivity contribution in [3.05, 3.63) is 58.1 Å². The first-order valence-corrected chi connectivity index (χ1v) is 7.72. The summed E-state index contributed by atoms with van der Waals surface area (Å²) in [6.07, 6.45) is 0. The molecule has 0 bridgehead atoms. The highest BCUT2D eigenvalue weighted by Crippen LogP contribution is 2.29. The third-order valence-electron chi connectivity index (χ3n) is 3.38. The fourth-order valence-corrected chi connectivity index (χ4v) is 2.78. The summed E-state index contributed by atoms with van der Waals surface area (Å²) in [4.78, 5) is 2.31. The van der Waals surface area contributed by atoms with E-state index in [0.717, 1.165) is 17.6 Å². The summed E-state index contributed by atoms with van der Waals surface area (Å²) in [5.74, 6) is 0. The molecule has 0 aliphatic carbocycles. The Morgan fingerprint density at radius 3 is 2.25 bits per heavy atom. The summed E-state index contributed by atoms with van der Waals surface area (Å²) in [6, 6.07) is 15.2. The highest BCUT2D eigenvalue weighted by atomic mass is 79.9. The van der Waals surface area contributed by atoms with E-state index < -0.39 is 0 Å². The molecule has 0 heterocycles. The molecule has 2 aromatic rings. The minimum atomic E-state index is 0.873. The first kappa shape index (κ1) is 15.1. The Balaban J connectivity index is 2.32. The first-order valence-electron chi connectivity index (χ1n) is 6.93. The van der Waals surface area contributed by atoms with Crippen LogP contribution in [0, 0.1) is 6.92 Å². The van der Waals surface area contributed by atoms with Crippen LogP contribution in [0.3, 0.4) is 0 Å². The lowest BCUT2D eigenvalue weighted by molar-refractivity contribution is 0.814. The van der Waals surface area contributed by atoms with E-state index in [1.54, 1.807) is 0 Å². The van der Waals surface area contributed by atoms with Gasteiger partial charge in [-0.15, -0.1) is 0 Å². The molecule has 0 saturated heterocycles. The van der Waals surface area contributed by atoms with E-state index in [-0.39, 0.29) is 0 Å². The van der Waals surface area contributed by atoms with E-state index in [1.165, 1.54) is 22.5 Å². The number of halogens is 1. The predicted octanol–water partition coefficient (Wildman–Crippen LogP) is 4.63. The molecule has 0 unspecified atom stereocenters. The van der Waals surface area contributed by atoms with Crippen LogP contribution in [0.15, 0.2) is 46.9 Å². The van der Waals surface area contributed by atoms with Crippen LogP contribution in [0.2, 0.25) is 0 Å². The highest BCUT2D eigenvalue weighted by Gasteiger charge is 2.09. The van der Waals surface area contributed by atoms with Gasteiger partial charge in [0.25, 0.3) is 0 Å². The Hall–Kier alpha value is -1.32. The number of benzene rings is 2. The molecule has 3 heteroatoms. The van der Waals surface area contributed by atoms with Crippen molar-refractivity contribution in [2.24, 2.45) is 0 Å². The molecular weight excluding hydrogens is 312 g/mol.